The first kappa shape index (κ1) is 19.2. The molecule has 2 aromatic carbocycles. The van der Waals surface area contributed by atoms with Gasteiger partial charge in [-0.05, 0) is 41.0 Å². The lowest BCUT2D eigenvalue weighted by Gasteiger charge is -2.36. The van der Waals surface area contributed by atoms with Gasteiger partial charge in [-0.25, -0.2) is 0 Å². The Labute approximate surface area is 178 Å². The van der Waals surface area contributed by atoms with E-state index in [-0.39, 0.29) is 36.6 Å². The lowest BCUT2D eigenvalue weighted by atomic mass is 9.67. The minimum Gasteiger partial charge on any atom is -0.493 e. The van der Waals surface area contributed by atoms with Crippen LogP contribution in [-0.2, 0) is 9.53 Å². The summed E-state index contributed by atoms with van der Waals surface area (Å²) in [6.45, 7) is 0.446. The van der Waals surface area contributed by atoms with E-state index in [0.717, 1.165) is 16.7 Å². The smallest absolute Gasteiger partial charge is 0.310 e. The van der Waals surface area contributed by atoms with Crippen LogP contribution in [-0.4, -0.2) is 40.7 Å². The molecule has 0 spiro atoms. The number of cyclic esters (lactones) is 1. The quantitative estimate of drug-likeness (QED) is 0.539. The first-order valence-electron chi connectivity index (χ1n) is 9.61. The first-order valence-corrected chi connectivity index (χ1v) is 10.0. The Balaban J connectivity index is 1.74. The second-order valence-corrected chi connectivity index (χ2v) is 7.96. The van der Waals surface area contributed by atoms with Gasteiger partial charge in [0.25, 0.3) is 0 Å². The molecule has 0 aromatic heterocycles. The SMILES string of the molecule is COc1cc([C@@H]2c3cc4c(cc3[C@@H](Cl)[C@H]3COC(=O)[C@H]23)OCO4)cc(OC)c1OC. The van der Waals surface area contributed by atoms with Gasteiger partial charge in [0.1, 0.15) is 0 Å². The highest BCUT2D eigenvalue weighted by atomic mass is 35.5. The number of hydrogen-bond donors (Lipinski definition) is 0. The summed E-state index contributed by atoms with van der Waals surface area (Å²) in [4.78, 5) is 12.8. The van der Waals surface area contributed by atoms with Crippen molar-refractivity contribution < 1.29 is 33.2 Å². The highest BCUT2D eigenvalue weighted by Crippen LogP contribution is 2.57. The maximum atomic E-state index is 12.8. The number of esters is 1. The molecule has 3 aliphatic rings. The molecule has 0 radical (unpaired) electrons. The lowest BCUT2D eigenvalue weighted by molar-refractivity contribution is -0.141. The third kappa shape index (κ3) is 2.68. The fourth-order valence-corrected chi connectivity index (χ4v) is 5.19. The Kier molecular flexibility index (Phi) is 4.58. The summed E-state index contributed by atoms with van der Waals surface area (Å²) in [6, 6.07) is 7.58. The van der Waals surface area contributed by atoms with Crippen molar-refractivity contribution in [3.8, 4) is 28.7 Å². The van der Waals surface area contributed by atoms with Crippen LogP contribution in [0.4, 0.5) is 0 Å². The minimum absolute atomic E-state index is 0.156. The molecule has 5 rings (SSSR count). The van der Waals surface area contributed by atoms with Gasteiger partial charge in [0.2, 0.25) is 12.5 Å². The molecule has 2 aromatic rings. The fraction of sp³-hybridized carbons (Fsp3) is 0.409. The van der Waals surface area contributed by atoms with Crippen LogP contribution in [0.25, 0.3) is 0 Å². The van der Waals surface area contributed by atoms with Crippen molar-refractivity contribution in [1.29, 1.82) is 0 Å². The number of fused-ring (bicyclic) bond motifs is 3. The molecular weight excluding hydrogens is 412 g/mol. The number of rotatable bonds is 4. The van der Waals surface area contributed by atoms with Gasteiger partial charge in [-0.1, -0.05) is 0 Å². The van der Waals surface area contributed by atoms with E-state index in [2.05, 4.69) is 0 Å². The number of ether oxygens (including phenoxy) is 6. The van der Waals surface area contributed by atoms with E-state index in [1.165, 1.54) is 0 Å². The molecule has 158 valence electrons. The standard InChI is InChI=1S/C22H21ClO7/c1-25-16-4-10(5-17(26-2)21(16)27-3)18-11-6-14-15(30-9-29-14)7-12(11)20(23)13-8-28-22(24)19(13)18/h4-7,13,18-20H,8-9H2,1-3H3/t13-,18+,19-,20+/m0/s1. The monoisotopic (exact) mass is 432 g/mol. The highest BCUT2D eigenvalue weighted by molar-refractivity contribution is 6.21. The molecule has 8 heteroatoms. The molecule has 1 aliphatic carbocycles. The third-order valence-electron chi connectivity index (χ3n) is 6.14. The zero-order valence-corrected chi connectivity index (χ0v) is 17.5. The number of halogens is 1. The molecule has 0 amide bonds. The van der Waals surface area contributed by atoms with Crippen LogP contribution in [0.5, 0.6) is 28.7 Å². The van der Waals surface area contributed by atoms with Crippen LogP contribution >= 0.6 is 11.6 Å². The summed E-state index contributed by atoms with van der Waals surface area (Å²) in [5.74, 6) is 1.68. The third-order valence-corrected chi connectivity index (χ3v) is 6.70. The molecular formula is C22H21ClO7. The Hall–Kier alpha value is -2.80. The van der Waals surface area contributed by atoms with Crippen LogP contribution in [0.2, 0.25) is 0 Å². The van der Waals surface area contributed by atoms with Crippen molar-refractivity contribution in [1.82, 2.24) is 0 Å². The zero-order valence-electron chi connectivity index (χ0n) is 16.8. The summed E-state index contributed by atoms with van der Waals surface area (Å²) >= 11 is 6.83. The molecule has 1 saturated heterocycles. The van der Waals surface area contributed by atoms with Gasteiger partial charge >= 0.3 is 5.97 Å². The lowest BCUT2D eigenvalue weighted by Crippen LogP contribution is -2.33. The van der Waals surface area contributed by atoms with Crippen LogP contribution in [0.3, 0.4) is 0 Å². The Morgan fingerprint density at radius 1 is 0.900 bits per heavy atom. The van der Waals surface area contributed by atoms with Gasteiger partial charge in [-0.3, -0.25) is 4.79 Å². The maximum Gasteiger partial charge on any atom is 0.310 e. The highest BCUT2D eigenvalue weighted by Gasteiger charge is 2.52. The predicted octanol–water partition coefficient (Wildman–Crippen LogP) is 3.66. The van der Waals surface area contributed by atoms with Crippen LogP contribution in [0, 0.1) is 11.8 Å². The zero-order chi connectivity index (χ0) is 21.0. The summed E-state index contributed by atoms with van der Waals surface area (Å²) in [5, 5.41) is -0.371. The molecule has 0 bridgehead atoms. The minimum atomic E-state index is -0.428. The van der Waals surface area contributed by atoms with E-state index < -0.39 is 5.92 Å². The molecule has 2 heterocycles. The molecule has 1 fully saturated rings. The van der Waals surface area contributed by atoms with Gasteiger partial charge in [0, 0.05) is 11.8 Å². The van der Waals surface area contributed by atoms with Crippen molar-refractivity contribution in [2.24, 2.45) is 11.8 Å². The molecule has 2 aliphatic heterocycles. The van der Waals surface area contributed by atoms with Crippen molar-refractivity contribution in [2.75, 3.05) is 34.7 Å². The average molecular weight is 433 g/mol. The number of alkyl halides is 1. The van der Waals surface area contributed by atoms with Gasteiger partial charge < -0.3 is 28.4 Å². The average Bonchev–Trinajstić information content (AvgIpc) is 3.38. The number of carbonyl (C=O) groups is 1. The fourth-order valence-electron chi connectivity index (χ4n) is 4.78. The maximum absolute atomic E-state index is 12.8. The number of carbonyl (C=O) groups excluding carboxylic acids is 1. The van der Waals surface area contributed by atoms with Crippen molar-refractivity contribution in [3.05, 3.63) is 41.0 Å². The van der Waals surface area contributed by atoms with Crippen LogP contribution in [0.15, 0.2) is 24.3 Å². The molecule has 4 atom stereocenters. The molecule has 30 heavy (non-hydrogen) atoms. The van der Waals surface area contributed by atoms with Crippen LogP contribution < -0.4 is 23.7 Å². The van der Waals surface area contributed by atoms with E-state index in [1.54, 1.807) is 21.3 Å². The Morgan fingerprint density at radius 3 is 2.13 bits per heavy atom. The number of methoxy groups -OCH3 is 3. The molecule has 0 N–H and O–H groups in total. The summed E-state index contributed by atoms with van der Waals surface area (Å²) in [7, 11) is 4.68. The van der Waals surface area contributed by atoms with E-state index in [9.17, 15) is 4.79 Å². The van der Waals surface area contributed by atoms with E-state index >= 15 is 0 Å². The van der Waals surface area contributed by atoms with Crippen LogP contribution in [0.1, 0.15) is 28.0 Å². The second-order valence-electron chi connectivity index (χ2n) is 7.49. The van der Waals surface area contributed by atoms with Gasteiger partial charge in [0.15, 0.2) is 23.0 Å². The first-order chi connectivity index (χ1) is 14.6. The second kappa shape index (κ2) is 7.16. The summed E-state index contributed by atoms with van der Waals surface area (Å²) < 4.78 is 33.1. The summed E-state index contributed by atoms with van der Waals surface area (Å²) in [6.07, 6.45) is 0. The van der Waals surface area contributed by atoms with Crippen molar-refractivity contribution in [2.45, 2.75) is 11.3 Å². The van der Waals surface area contributed by atoms with Crippen molar-refractivity contribution in [3.63, 3.8) is 0 Å². The molecule has 0 saturated carbocycles. The topological polar surface area (TPSA) is 72.5 Å². The van der Waals surface area contributed by atoms with Gasteiger partial charge in [-0.15, -0.1) is 11.6 Å². The van der Waals surface area contributed by atoms with E-state index in [1.807, 2.05) is 24.3 Å². The van der Waals surface area contributed by atoms with E-state index in [0.29, 0.717) is 28.7 Å². The van der Waals surface area contributed by atoms with Crippen molar-refractivity contribution >= 4 is 17.6 Å². The summed E-state index contributed by atoms with van der Waals surface area (Å²) in [5.41, 5.74) is 2.68. The van der Waals surface area contributed by atoms with Gasteiger partial charge in [0.05, 0.1) is 39.2 Å². The number of benzene rings is 2. The Morgan fingerprint density at radius 2 is 1.53 bits per heavy atom. The largest absolute Gasteiger partial charge is 0.493 e. The predicted molar refractivity (Wildman–Crippen MR) is 107 cm³/mol. The van der Waals surface area contributed by atoms with E-state index in [4.69, 9.17) is 40.0 Å². The van der Waals surface area contributed by atoms with Gasteiger partial charge in [-0.2, -0.15) is 0 Å². The molecule has 0 unspecified atom stereocenters. The number of hydrogen-bond acceptors (Lipinski definition) is 7. The normalized spacial score (nSPS) is 25.9. The molecule has 7 nitrogen and oxygen atoms in total. The Bertz CT molecular complexity index is 996.